The maximum absolute atomic E-state index is 12.5. The molecule has 0 unspecified atom stereocenters. The normalized spacial score (nSPS) is 34.7. The van der Waals surface area contributed by atoms with Crippen molar-refractivity contribution in [2.45, 2.75) is 17.4 Å². The van der Waals surface area contributed by atoms with E-state index in [0.717, 1.165) is 6.42 Å². The zero-order chi connectivity index (χ0) is 17.7. The van der Waals surface area contributed by atoms with Gasteiger partial charge in [0.05, 0.1) is 16.7 Å². The van der Waals surface area contributed by atoms with E-state index >= 15 is 0 Å². The Morgan fingerprint density at radius 2 is 2.16 bits per heavy atom. The molecule has 2 bridgehead atoms. The molecule has 3 aliphatic rings. The smallest absolute Gasteiger partial charge is 0.310 e. The second-order valence-corrected chi connectivity index (χ2v) is 8.12. The molecule has 1 amide bonds. The quantitative estimate of drug-likeness (QED) is 0.588. The number of carbonyl (C=O) groups is 3. The molecule has 0 radical (unpaired) electrons. The molecule has 1 aromatic carbocycles. The average molecular weight is 429 g/mol. The zero-order valence-electron chi connectivity index (χ0n) is 13.0. The number of esters is 2. The number of fused-ring (bicyclic) bond motifs is 1. The number of rotatable bonds is 4. The van der Waals surface area contributed by atoms with Gasteiger partial charge in [-0.15, -0.1) is 0 Å². The van der Waals surface area contributed by atoms with Crippen molar-refractivity contribution < 1.29 is 23.9 Å². The molecule has 6 atom stereocenters. The number of anilines is 1. The molecule has 25 heavy (non-hydrogen) atoms. The van der Waals surface area contributed by atoms with Gasteiger partial charge in [0.15, 0.2) is 6.61 Å². The number of benzene rings is 1. The molecule has 4 rings (SSSR count). The van der Waals surface area contributed by atoms with Crippen LogP contribution in [0.25, 0.3) is 0 Å². The summed E-state index contributed by atoms with van der Waals surface area (Å²) in [4.78, 5) is 36.4. The van der Waals surface area contributed by atoms with Crippen LogP contribution in [0.3, 0.4) is 0 Å². The predicted molar refractivity (Wildman–Crippen MR) is 92.2 cm³/mol. The summed E-state index contributed by atoms with van der Waals surface area (Å²) in [5.41, 5.74) is 0.524. The van der Waals surface area contributed by atoms with E-state index in [2.05, 4.69) is 21.2 Å². The Morgan fingerprint density at radius 3 is 2.92 bits per heavy atom. The molecule has 0 spiro atoms. The fourth-order valence-corrected chi connectivity index (χ4v) is 5.53. The largest absolute Gasteiger partial charge is 0.461 e. The van der Waals surface area contributed by atoms with Crippen molar-refractivity contribution in [1.82, 2.24) is 0 Å². The average Bonchev–Trinajstić information content (AvgIpc) is 3.17. The van der Waals surface area contributed by atoms with Gasteiger partial charge in [-0.25, -0.2) is 0 Å². The van der Waals surface area contributed by atoms with Crippen LogP contribution in [-0.4, -0.2) is 35.4 Å². The summed E-state index contributed by atoms with van der Waals surface area (Å²) in [7, 11) is 0. The molecule has 1 saturated heterocycles. The molecule has 1 aliphatic heterocycles. The highest BCUT2D eigenvalue weighted by Crippen LogP contribution is 2.60. The van der Waals surface area contributed by atoms with Gasteiger partial charge in [-0.2, -0.15) is 0 Å². The predicted octanol–water partition coefficient (Wildman–Crippen LogP) is 2.39. The Labute approximate surface area is 157 Å². The molecule has 3 fully saturated rings. The molecular formula is C17H15BrClNO5. The van der Waals surface area contributed by atoms with E-state index in [-0.39, 0.29) is 28.7 Å². The molecule has 1 aromatic rings. The Balaban J connectivity index is 1.36. The van der Waals surface area contributed by atoms with Crippen LogP contribution in [0.4, 0.5) is 5.69 Å². The van der Waals surface area contributed by atoms with E-state index in [1.807, 2.05) is 0 Å². The number of ether oxygens (including phenoxy) is 2. The van der Waals surface area contributed by atoms with Crippen molar-refractivity contribution in [3.05, 3.63) is 29.3 Å². The summed E-state index contributed by atoms with van der Waals surface area (Å²) in [5, 5.41) is 3.11. The molecule has 1 N–H and O–H groups in total. The summed E-state index contributed by atoms with van der Waals surface area (Å²) in [6, 6.07) is 6.68. The Hall–Kier alpha value is -1.60. The number of hydrogen-bond donors (Lipinski definition) is 1. The number of halogens is 2. The van der Waals surface area contributed by atoms with Crippen LogP contribution in [0.1, 0.15) is 6.42 Å². The van der Waals surface area contributed by atoms with Gasteiger partial charge in [0.2, 0.25) is 0 Å². The summed E-state index contributed by atoms with van der Waals surface area (Å²) < 4.78 is 10.5. The van der Waals surface area contributed by atoms with E-state index in [4.69, 9.17) is 21.1 Å². The number of nitrogens with one attached hydrogen (secondary N) is 1. The molecule has 132 valence electrons. The van der Waals surface area contributed by atoms with Gasteiger partial charge in [0.1, 0.15) is 6.10 Å². The lowest BCUT2D eigenvalue weighted by molar-refractivity contribution is -0.157. The number of hydrogen-bond acceptors (Lipinski definition) is 5. The van der Waals surface area contributed by atoms with Crippen LogP contribution in [0.15, 0.2) is 24.3 Å². The van der Waals surface area contributed by atoms with E-state index in [0.29, 0.717) is 10.7 Å². The van der Waals surface area contributed by atoms with Crippen LogP contribution in [0.2, 0.25) is 5.02 Å². The molecule has 2 saturated carbocycles. The molecular weight excluding hydrogens is 414 g/mol. The first-order chi connectivity index (χ1) is 12.0. The fraction of sp³-hybridized carbons (Fsp3) is 0.471. The van der Waals surface area contributed by atoms with Crippen LogP contribution in [0, 0.1) is 23.7 Å². The van der Waals surface area contributed by atoms with Crippen molar-refractivity contribution in [3.63, 3.8) is 0 Å². The lowest BCUT2D eigenvalue weighted by atomic mass is 9.80. The van der Waals surface area contributed by atoms with E-state index in [9.17, 15) is 14.4 Å². The van der Waals surface area contributed by atoms with Gasteiger partial charge in [0.25, 0.3) is 5.91 Å². The van der Waals surface area contributed by atoms with Gasteiger partial charge >= 0.3 is 11.9 Å². The zero-order valence-corrected chi connectivity index (χ0v) is 15.3. The van der Waals surface area contributed by atoms with Gasteiger partial charge in [-0.3, -0.25) is 14.4 Å². The number of carbonyl (C=O) groups excluding carboxylic acids is 3. The maximum atomic E-state index is 12.5. The maximum Gasteiger partial charge on any atom is 0.310 e. The summed E-state index contributed by atoms with van der Waals surface area (Å²) in [6.07, 6.45) is 0.628. The van der Waals surface area contributed by atoms with E-state index in [1.54, 1.807) is 24.3 Å². The first kappa shape index (κ1) is 16.8. The third-order valence-electron chi connectivity index (χ3n) is 5.25. The second kappa shape index (κ2) is 6.29. The molecule has 2 aliphatic carbocycles. The standard InChI is InChI=1S/C17H15BrClNO5/c18-14-9-5-10-13(17(23)25-15(10)14)12(9)16(22)24-6-11(21)20-8-3-1-2-7(19)4-8/h1-4,9-10,12-15H,5-6H2,(H,20,21)/t9-,10-,12-,13+,14-,15+/m1/s1. The summed E-state index contributed by atoms with van der Waals surface area (Å²) >= 11 is 9.40. The van der Waals surface area contributed by atoms with E-state index < -0.39 is 30.3 Å². The highest BCUT2D eigenvalue weighted by atomic mass is 79.9. The Bertz CT molecular complexity index is 756. The van der Waals surface area contributed by atoms with Crippen molar-refractivity contribution >= 4 is 51.1 Å². The highest BCUT2D eigenvalue weighted by molar-refractivity contribution is 9.09. The number of alkyl halides is 1. The third kappa shape index (κ3) is 2.83. The van der Waals surface area contributed by atoms with Crippen molar-refractivity contribution in [2.24, 2.45) is 23.7 Å². The van der Waals surface area contributed by atoms with Gasteiger partial charge in [0, 0.05) is 16.6 Å². The van der Waals surface area contributed by atoms with Crippen LogP contribution < -0.4 is 5.32 Å². The lowest BCUT2D eigenvalue weighted by Crippen LogP contribution is -2.39. The Kier molecular flexibility index (Phi) is 4.24. The van der Waals surface area contributed by atoms with Gasteiger partial charge in [-0.1, -0.05) is 33.6 Å². The summed E-state index contributed by atoms with van der Waals surface area (Å²) in [6.45, 7) is -0.405. The highest BCUT2D eigenvalue weighted by Gasteiger charge is 2.68. The molecule has 1 heterocycles. The minimum absolute atomic E-state index is 0.00920. The SMILES string of the molecule is O=C(COC(=O)[C@@H]1[C@H]2C[C@H]3[C@H](OC(=O)[C@@H]31)[C@@H]2Br)Nc1cccc(Cl)c1. The minimum atomic E-state index is -0.542. The summed E-state index contributed by atoms with van der Waals surface area (Å²) in [5.74, 6) is -2.20. The van der Waals surface area contributed by atoms with Crippen molar-refractivity contribution in [1.29, 1.82) is 0 Å². The van der Waals surface area contributed by atoms with Crippen molar-refractivity contribution in [2.75, 3.05) is 11.9 Å². The first-order valence-electron chi connectivity index (χ1n) is 8.02. The lowest BCUT2D eigenvalue weighted by Gasteiger charge is -2.26. The van der Waals surface area contributed by atoms with E-state index in [1.165, 1.54) is 0 Å². The topological polar surface area (TPSA) is 81.7 Å². The fourth-order valence-electron chi connectivity index (χ4n) is 4.29. The molecule has 8 heteroatoms. The monoisotopic (exact) mass is 427 g/mol. The van der Waals surface area contributed by atoms with Crippen molar-refractivity contribution in [3.8, 4) is 0 Å². The van der Waals surface area contributed by atoms with Crippen LogP contribution in [0.5, 0.6) is 0 Å². The van der Waals surface area contributed by atoms with Crippen LogP contribution >= 0.6 is 27.5 Å². The molecule has 6 nitrogen and oxygen atoms in total. The Morgan fingerprint density at radius 1 is 1.36 bits per heavy atom. The van der Waals surface area contributed by atoms with Gasteiger partial charge in [-0.05, 0) is 30.5 Å². The van der Waals surface area contributed by atoms with Gasteiger partial charge < -0.3 is 14.8 Å². The minimum Gasteiger partial charge on any atom is -0.461 e. The third-order valence-corrected chi connectivity index (χ3v) is 6.68. The molecule has 0 aromatic heterocycles. The number of amides is 1. The second-order valence-electron chi connectivity index (χ2n) is 6.63. The van der Waals surface area contributed by atoms with Crippen LogP contribution in [-0.2, 0) is 23.9 Å². The first-order valence-corrected chi connectivity index (χ1v) is 9.31.